The number of halogens is 1. The number of likely N-dealkylation sites (N-methyl/N-ethyl adjacent to an activating group) is 1. The van der Waals surface area contributed by atoms with Crippen LogP contribution < -0.4 is 5.73 Å². The van der Waals surface area contributed by atoms with E-state index in [-0.39, 0.29) is 11.8 Å². The van der Waals surface area contributed by atoms with Gasteiger partial charge in [0.25, 0.3) is 0 Å². The zero-order valence-corrected chi connectivity index (χ0v) is 11.2. The molecule has 6 heteroatoms. The van der Waals surface area contributed by atoms with Gasteiger partial charge < -0.3 is 10.6 Å². The number of aromatic nitrogens is 1. The molecular formula is C10H16ClN3OS. The van der Waals surface area contributed by atoms with Crippen LogP contribution in [-0.2, 0) is 11.3 Å². The van der Waals surface area contributed by atoms with Crippen molar-refractivity contribution >= 4 is 28.8 Å². The Labute approximate surface area is 104 Å². The average Bonchev–Trinajstić information content (AvgIpc) is 2.61. The lowest BCUT2D eigenvalue weighted by Gasteiger charge is -2.22. The maximum Gasteiger partial charge on any atom is 0.239 e. The molecule has 2 N–H and O–H groups in total. The van der Waals surface area contributed by atoms with Gasteiger partial charge in [0.05, 0.1) is 12.6 Å². The number of rotatable bonds is 4. The molecule has 90 valence electrons. The Hall–Kier alpha value is -0.650. The summed E-state index contributed by atoms with van der Waals surface area (Å²) in [7, 11) is 1.73. The molecule has 0 aliphatic carbocycles. The molecule has 0 saturated heterocycles. The van der Waals surface area contributed by atoms with Crippen LogP contribution in [0.15, 0.2) is 6.20 Å². The molecule has 1 rings (SSSR count). The van der Waals surface area contributed by atoms with Gasteiger partial charge in [-0.25, -0.2) is 4.98 Å². The summed E-state index contributed by atoms with van der Waals surface area (Å²) in [4.78, 5) is 18.3. The van der Waals surface area contributed by atoms with Crippen molar-refractivity contribution in [2.45, 2.75) is 26.4 Å². The van der Waals surface area contributed by atoms with Gasteiger partial charge in [-0.2, -0.15) is 0 Å². The first-order chi connectivity index (χ1) is 7.41. The number of carbonyl (C=O) groups is 1. The van der Waals surface area contributed by atoms with Crippen LogP contribution in [0.5, 0.6) is 0 Å². The highest BCUT2D eigenvalue weighted by molar-refractivity contribution is 7.15. The third kappa shape index (κ3) is 3.43. The first-order valence-corrected chi connectivity index (χ1v) is 6.22. The van der Waals surface area contributed by atoms with Gasteiger partial charge in [0, 0.05) is 18.1 Å². The van der Waals surface area contributed by atoms with Crippen molar-refractivity contribution in [2.75, 3.05) is 7.05 Å². The van der Waals surface area contributed by atoms with Crippen molar-refractivity contribution < 1.29 is 4.79 Å². The van der Waals surface area contributed by atoms with Gasteiger partial charge in [0.15, 0.2) is 4.47 Å². The normalized spacial score (nSPS) is 12.9. The molecule has 0 fully saturated rings. The molecule has 1 unspecified atom stereocenters. The smallest absolute Gasteiger partial charge is 0.239 e. The lowest BCUT2D eigenvalue weighted by atomic mass is 10.0. The summed E-state index contributed by atoms with van der Waals surface area (Å²) in [5.74, 6) is 0.0829. The van der Waals surface area contributed by atoms with E-state index in [0.717, 1.165) is 4.88 Å². The van der Waals surface area contributed by atoms with Crippen LogP contribution in [0, 0.1) is 5.92 Å². The molecule has 1 atom stereocenters. The standard InChI is InChI=1S/C10H16ClN3OS/c1-6(2)8(12)9(15)14(3)5-7-4-13-10(11)16-7/h4,6,8H,5,12H2,1-3H3. The summed E-state index contributed by atoms with van der Waals surface area (Å²) in [5, 5.41) is 0. The highest BCUT2D eigenvalue weighted by Gasteiger charge is 2.21. The van der Waals surface area contributed by atoms with E-state index in [1.54, 1.807) is 18.1 Å². The molecule has 0 radical (unpaired) electrons. The predicted octanol–water partition coefficient (Wildman–Crippen LogP) is 1.74. The van der Waals surface area contributed by atoms with Gasteiger partial charge in [-0.05, 0) is 5.92 Å². The van der Waals surface area contributed by atoms with E-state index in [1.165, 1.54) is 11.3 Å². The number of hydrogen-bond acceptors (Lipinski definition) is 4. The Bertz CT molecular complexity index is 367. The van der Waals surface area contributed by atoms with Crippen molar-refractivity contribution in [1.82, 2.24) is 9.88 Å². The van der Waals surface area contributed by atoms with Gasteiger partial charge in [0.1, 0.15) is 0 Å². The predicted molar refractivity (Wildman–Crippen MR) is 66.4 cm³/mol. The summed E-state index contributed by atoms with van der Waals surface area (Å²) in [6.45, 7) is 4.36. The van der Waals surface area contributed by atoms with Gasteiger partial charge in [0.2, 0.25) is 5.91 Å². The summed E-state index contributed by atoms with van der Waals surface area (Å²) in [6, 6.07) is -0.451. The minimum absolute atomic E-state index is 0.0560. The monoisotopic (exact) mass is 261 g/mol. The zero-order chi connectivity index (χ0) is 12.3. The molecule has 0 aliphatic heterocycles. The van der Waals surface area contributed by atoms with Gasteiger partial charge in [-0.15, -0.1) is 11.3 Å². The number of amides is 1. The third-order valence-electron chi connectivity index (χ3n) is 2.30. The summed E-state index contributed by atoms with van der Waals surface area (Å²) >= 11 is 7.09. The van der Waals surface area contributed by atoms with Gasteiger partial charge >= 0.3 is 0 Å². The third-order valence-corrected chi connectivity index (χ3v) is 3.40. The zero-order valence-electron chi connectivity index (χ0n) is 9.61. The lowest BCUT2D eigenvalue weighted by Crippen LogP contribution is -2.44. The van der Waals surface area contributed by atoms with Crippen molar-refractivity contribution in [2.24, 2.45) is 11.7 Å². The first-order valence-electron chi connectivity index (χ1n) is 5.02. The van der Waals surface area contributed by atoms with Gasteiger partial charge in [-0.3, -0.25) is 4.79 Å². The maximum absolute atomic E-state index is 11.8. The van der Waals surface area contributed by atoms with Crippen LogP contribution in [0.3, 0.4) is 0 Å². The second-order valence-electron chi connectivity index (χ2n) is 4.04. The van der Waals surface area contributed by atoms with Crippen LogP contribution in [-0.4, -0.2) is 28.9 Å². The highest BCUT2D eigenvalue weighted by Crippen LogP contribution is 2.19. The summed E-state index contributed by atoms with van der Waals surface area (Å²) in [5.41, 5.74) is 5.79. The van der Waals surface area contributed by atoms with Crippen LogP contribution in [0.25, 0.3) is 0 Å². The average molecular weight is 262 g/mol. The van der Waals surface area contributed by atoms with E-state index < -0.39 is 6.04 Å². The fraction of sp³-hybridized carbons (Fsp3) is 0.600. The molecule has 0 saturated carbocycles. The molecule has 0 aliphatic rings. The molecule has 1 aromatic heterocycles. The Morgan fingerprint density at radius 2 is 2.31 bits per heavy atom. The molecule has 0 bridgehead atoms. The molecule has 1 amide bonds. The molecule has 0 spiro atoms. The van der Waals surface area contributed by atoms with E-state index in [9.17, 15) is 4.79 Å². The maximum atomic E-state index is 11.8. The van der Waals surface area contributed by atoms with Crippen LogP contribution in [0.4, 0.5) is 0 Å². The number of nitrogens with two attached hydrogens (primary N) is 1. The van der Waals surface area contributed by atoms with Crippen molar-refractivity contribution in [3.8, 4) is 0 Å². The fourth-order valence-electron chi connectivity index (χ4n) is 1.21. The molecule has 0 aromatic carbocycles. The minimum atomic E-state index is -0.451. The number of carbonyl (C=O) groups excluding carboxylic acids is 1. The van der Waals surface area contributed by atoms with E-state index in [1.807, 2.05) is 13.8 Å². The van der Waals surface area contributed by atoms with E-state index in [2.05, 4.69) is 4.98 Å². The van der Waals surface area contributed by atoms with E-state index >= 15 is 0 Å². The molecule has 4 nitrogen and oxygen atoms in total. The molecular weight excluding hydrogens is 246 g/mol. The van der Waals surface area contributed by atoms with Crippen molar-refractivity contribution in [3.63, 3.8) is 0 Å². The largest absolute Gasteiger partial charge is 0.339 e. The molecule has 16 heavy (non-hydrogen) atoms. The van der Waals surface area contributed by atoms with Crippen LogP contribution in [0.1, 0.15) is 18.7 Å². The molecule has 1 heterocycles. The Morgan fingerprint density at radius 1 is 1.69 bits per heavy atom. The number of hydrogen-bond donors (Lipinski definition) is 1. The second kappa shape index (κ2) is 5.61. The second-order valence-corrected chi connectivity index (χ2v) is 5.74. The van der Waals surface area contributed by atoms with Crippen LogP contribution in [0.2, 0.25) is 4.47 Å². The highest BCUT2D eigenvalue weighted by atomic mass is 35.5. The fourth-order valence-corrected chi connectivity index (χ4v) is 2.24. The van der Waals surface area contributed by atoms with E-state index in [4.69, 9.17) is 17.3 Å². The number of thiazole rings is 1. The van der Waals surface area contributed by atoms with Gasteiger partial charge in [-0.1, -0.05) is 25.4 Å². The van der Waals surface area contributed by atoms with Crippen molar-refractivity contribution in [3.05, 3.63) is 15.5 Å². The Kier molecular flexibility index (Phi) is 4.70. The first kappa shape index (κ1) is 13.4. The summed E-state index contributed by atoms with van der Waals surface area (Å²) in [6.07, 6.45) is 1.68. The van der Waals surface area contributed by atoms with Crippen LogP contribution >= 0.6 is 22.9 Å². The number of nitrogens with zero attached hydrogens (tertiary/aromatic N) is 2. The minimum Gasteiger partial charge on any atom is -0.339 e. The summed E-state index contributed by atoms with van der Waals surface area (Å²) < 4.78 is 0.490. The molecule has 1 aromatic rings. The van der Waals surface area contributed by atoms with Crippen molar-refractivity contribution in [1.29, 1.82) is 0 Å². The SMILES string of the molecule is CC(C)C(N)C(=O)N(C)Cc1cnc(Cl)s1. The topological polar surface area (TPSA) is 59.2 Å². The quantitative estimate of drug-likeness (QED) is 0.898. The Morgan fingerprint density at radius 3 is 2.75 bits per heavy atom. The Balaban J connectivity index is 2.58. The lowest BCUT2D eigenvalue weighted by molar-refractivity contribution is -0.132. The van der Waals surface area contributed by atoms with E-state index in [0.29, 0.717) is 11.0 Å².